The minimum Gasteiger partial charge on any atom is -0.374 e. The van der Waals surface area contributed by atoms with Crippen LogP contribution in [-0.4, -0.2) is 36.3 Å². The lowest BCUT2D eigenvalue weighted by Crippen LogP contribution is -2.38. The smallest absolute Gasteiger partial charge is 0.341 e. The summed E-state index contributed by atoms with van der Waals surface area (Å²) >= 11 is 0. The molecule has 7 nitrogen and oxygen atoms in total. The van der Waals surface area contributed by atoms with Gasteiger partial charge in [0, 0.05) is 6.07 Å². The molecule has 1 saturated heterocycles. The number of hydrogen-bond acceptors (Lipinski definition) is 6. The zero-order chi connectivity index (χ0) is 19.2. The molecular formula is C15H20F2N2O5S. The summed E-state index contributed by atoms with van der Waals surface area (Å²) in [6.45, 7) is 7.45. The third-order valence-electron chi connectivity index (χ3n) is 4.13. The highest BCUT2D eigenvalue weighted by atomic mass is 32.2. The maximum atomic E-state index is 12.7. The van der Waals surface area contributed by atoms with E-state index in [1.165, 1.54) is 0 Å². The van der Waals surface area contributed by atoms with Crippen molar-refractivity contribution in [2.75, 3.05) is 5.32 Å². The molecule has 1 aliphatic heterocycles. The molecular weight excluding hydrogens is 358 g/mol. The van der Waals surface area contributed by atoms with E-state index in [-0.39, 0.29) is 11.7 Å². The Balaban J connectivity index is 2.41. The fourth-order valence-electron chi connectivity index (χ4n) is 3.04. The number of ether oxygens (including phenoxy) is 1. The lowest BCUT2D eigenvalue weighted by atomic mass is 9.94. The molecule has 1 N–H and O–H groups in total. The van der Waals surface area contributed by atoms with Gasteiger partial charge in [0.2, 0.25) is 9.84 Å². The van der Waals surface area contributed by atoms with Gasteiger partial charge in [0.1, 0.15) is 5.69 Å². The topological polar surface area (TPSA) is 98.5 Å². The van der Waals surface area contributed by atoms with Crippen LogP contribution in [0.2, 0.25) is 0 Å². The van der Waals surface area contributed by atoms with Crippen molar-refractivity contribution >= 4 is 21.2 Å². The van der Waals surface area contributed by atoms with Crippen molar-refractivity contribution < 1.29 is 26.9 Å². The zero-order valence-corrected chi connectivity index (χ0v) is 15.1. The lowest BCUT2D eigenvalue weighted by molar-refractivity contribution is -0.384. The number of halogens is 2. The molecule has 0 saturated carbocycles. The molecule has 1 aromatic carbocycles. The summed E-state index contributed by atoms with van der Waals surface area (Å²) in [7, 11) is -4.91. The SMILES string of the molecule is CC1(C)CC(Nc2ccc(S(=O)(=O)C(F)F)cc2[N+](=O)[O-])C(C)(C)O1. The van der Waals surface area contributed by atoms with Crippen molar-refractivity contribution in [3.05, 3.63) is 28.3 Å². The molecule has 1 atom stereocenters. The Kier molecular flexibility index (Phi) is 4.81. The van der Waals surface area contributed by atoms with E-state index in [4.69, 9.17) is 4.74 Å². The number of alkyl halides is 2. The van der Waals surface area contributed by atoms with E-state index < -0.39 is 42.3 Å². The number of nitrogens with zero attached hydrogens (tertiary/aromatic N) is 1. The van der Waals surface area contributed by atoms with Gasteiger partial charge in [-0.3, -0.25) is 10.1 Å². The van der Waals surface area contributed by atoms with Gasteiger partial charge < -0.3 is 10.1 Å². The molecule has 0 amide bonds. The first-order valence-electron chi connectivity index (χ1n) is 7.53. The molecule has 0 spiro atoms. The molecule has 1 aromatic rings. The molecule has 140 valence electrons. The molecule has 1 heterocycles. The first-order chi connectivity index (χ1) is 11.3. The van der Waals surface area contributed by atoms with Gasteiger partial charge in [0.25, 0.3) is 5.69 Å². The summed E-state index contributed by atoms with van der Waals surface area (Å²) in [6, 6.07) is 2.44. The number of nitrogens with one attached hydrogen (secondary N) is 1. The van der Waals surface area contributed by atoms with Crippen molar-refractivity contribution in [3.63, 3.8) is 0 Å². The van der Waals surface area contributed by atoms with Crippen LogP contribution in [0.15, 0.2) is 23.1 Å². The maximum absolute atomic E-state index is 12.7. The summed E-state index contributed by atoms with van der Waals surface area (Å²) in [4.78, 5) is 9.69. The number of nitro benzene ring substituents is 1. The van der Waals surface area contributed by atoms with E-state index in [2.05, 4.69) is 5.32 Å². The van der Waals surface area contributed by atoms with Gasteiger partial charge in [-0.25, -0.2) is 8.42 Å². The predicted octanol–water partition coefficient (Wildman–Crippen LogP) is 3.35. The summed E-state index contributed by atoms with van der Waals surface area (Å²) in [6.07, 6.45) is 0.564. The fourth-order valence-corrected chi connectivity index (χ4v) is 3.78. The van der Waals surface area contributed by atoms with E-state index in [0.717, 1.165) is 12.1 Å². The number of anilines is 1. The minimum atomic E-state index is -4.91. The Morgan fingerprint density at radius 1 is 1.32 bits per heavy atom. The standard InChI is InChI=1S/C15H20F2N2O5S/c1-14(2)8-12(15(3,4)24-14)18-10-6-5-9(7-11(10)19(20)21)25(22,23)13(16)17/h5-7,12-13,18H,8H2,1-4H3. The number of sulfone groups is 1. The molecule has 2 rings (SSSR count). The van der Waals surface area contributed by atoms with E-state index in [9.17, 15) is 27.3 Å². The monoisotopic (exact) mass is 378 g/mol. The Morgan fingerprint density at radius 2 is 1.92 bits per heavy atom. The van der Waals surface area contributed by atoms with Crippen molar-refractivity contribution in [1.82, 2.24) is 0 Å². The minimum absolute atomic E-state index is 0.0533. The van der Waals surface area contributed by atoms with Crippen LogP contribution in [0.1, 0.15) is 34.1 Å². The van der Waals surface area contributed by atoms with Crippen LogP contribution >= 0.6 is 0 Å². The van der Waals surface area contributed by atoms with Crippen LogP contribution in [0.5, 0.6) is 0 Å². The van der Waals surface area contributed by atoms with Crippen LogP contribution in [0.3, 0.4) is 0 Å². The number of benzene rings is 1. The Hall–Kier alpha value is -1.81. The third-order valence-corrected chi connectivity index (χ3v) is 5.51. The maximum Gasteiger partial charge on any atom is 0.341 e. The average Bonchev–Trinajstić information content (AvgIpc) is 2.65. The zero-order valence-electron chi connectivity index (χ0n) is 14.2. The summed E-state index contributed by atoms with van der Waals surface area (Å²) < 4.78 is 54.3. The Bertz CT molecular complexity index is 793. The van der Waals surface area contributed by atoms with Gasteiger partial charge in [0.15, 0.2) is 0 Å². The van der Waals surface area contributed by atoms with Crippen LogP contribution in [0, 0.1) is 10.1 Å². The molecule has 1 unspecified atom stereocenters. The summed E-state index contributed by atoms with van der Waals surface area (Å²) in [5.74, 6) is -3.64. The number of rotatable bonds is 5. The van der Waals surface area contributed by atoms with E-state index >= 15 is 0 Å². The number of hydrogen-bond donors (Lipinski definition) is 1. The normalized spacial score (nSPS) is 22.1. The lowest BCUT2D eigenvalue weighted by Gasteiger charge is -2.28. The van der Waals surface area contributed by atoms with Gasteiger partial charge >= 0.3 is 5.76 Å². The van der Waals surface area contributed by atoms with E-state index in [0.29, 0.717) is 12.5 Å². The Labute approximate surface area is 144 Å². The average molecular weight is 378 g/mol. The quantitative estimate of drug-likeness (QED) is 0.623. The molecule has 1 aliphatic rings. The summed E-state index contributed by atoms with van der Waals surface area (Å²) in [5, 5.41) is 14.3. The van der Waals surface area contributed by atoms with Crippen molar-refractivity contribution in [1.29, 1.82) is 0 Å². The first-order valence-corrected chi connectivity index (χ1v) is 9.08. The van der Waals surface area contributed by atoms with Gasteiger partial charge in [-0.2, -0.15) is 8.78 Å². The molecule has 10 heteroatoms. The molecule has 0 aliphatic carbocycles. The summed E-state index contributed by atoms with van der Waals surface area (Å²) in [5.41, 5.74) is -1.58. The molecule has 0 bridgehead atoms. The molecule has 0 radical (unpaired) electrons. The van der Waals surface area contributed by atoms with Gasteiger partial charge in [0.05, 0.1) is 27.1 Å². The second-order valence-corrected chi connectivity index (χ2v) is 9.03. The second kappa shape index (κ2) is 6.17. The van der Waals surface area contributed by atoms with Crippen molar-refractivity contribution in [2.45, 2.75) is 62.0 Å². The van der Waals surface area contributed by atoms with Crippen molar-refractivity contribution in [2.24, 2.45) is 0 Å². The molecule has 25 heavy (non-hydrogen) atoms. The van der Waals surface area contributed by atoms with Crippen LogP contribution in [0.4, 0.5) is 20.2 Å². The van der Waals surface area contributed by atoms with Crippen molar-refractivity contribution in [3.8, 4) is 0 Å². The highest BCUT2D eigenvalue weighted by molar-refractivity contribution is 7.91. The Morgan fingerprint density at radius 3 is 2.36 bits per heavy atom. The highest BCUT2D eigenvalue weighted by Gasteiger charge is 2.46. The van der Waals surface area contributed by atoms with Gasteiger partial charge in [-0.15, -0.1) is 0 Å². The molecule has 0 aromatic heterocycles. The molecule has 1 fully saturated rings. The third kappa shape index (κ3) is 3.90. The van der Waals surface area contributed by atoms with Crippen LogP contribution in [-0.2, 0) is 14.6 Å². The van der Waals surface area contributed by atoms with Gasteiger partial charge in [-0.05, 0) is 46.2 Å². The van der Waals surface area contributed by atoms with Gasteiger partial charge in [-0.1, -0.05) is 0 Å². The second-order valence-electron chi connectivity index (χ2n) is 7.11. The van der Waals surface area contributed by atoms with E-state index in [1.54, 1.807) is 0 Å². The first kappa shape index (κ1) is 19.5. The predicted molar refractivity (Wildman–Crippen MR) is 87.6 cm³/mol. The van der Waals surface area contributed by atoms with Crippen LogP contribution < -0.4 is 5.32 Å². The number of nitro groups is 1. The highest BCUT2D eigenvalue weighted by Crippen LogP contribution is 2.40. The fraction of sp³-hybridized carbons (Fsp3) is 0.600. The largest absolute Gasteiger partial charge is 0.374 e. The van der Waals surface area contributed by atoms with E-state index in [1.807, 2.05) is 27.7 Å². The van der Waals surface area contributed by atoms with Crippen LogP contribution in [0.25, 0.3) is 0 Å².